The maximum Gasteiger partial charge on any atom is 0.407 e. The largest absolute Gasteiger partial charge is 0.494 e. The lowest BCUT2D eigenvalue weighted by Gasteiger charge is -2.20. The van der Waals surface area contributed by atoms with Crippen molar-refractivity contribution in [3.05, 3.63) is 29.6 Å². The molecule has 6 nitrogen and oxygen atoms in total. The molecule has 23 heavy (non-hydrogen) atoms. The predicted octanol–water partition coefficient (Wildman–Crippen LogP) is 2.85. The lowest BCUT2D eigenvalue weighted by atomic mass is 10.0. The summed E-state index contributed by atoms with van der Waals surface area (Å²) in [4.78, 5) is 16.9. The summed E-state index contributed by atoms with van der Waals surface area (Å²) in [5, 5.41) is 6.58. The number of amides is 1. The van der Waals surface area contributed by atoms with Gasteiger partial charge in [-0.15, -0.1) is 0 Å². The van der Waals surface area contributed by atoms with E-state index in [9.17, 15) is 9.18 Å². The molecule has 0 saturated carbocycles. The van der Waals surface area contributed by atoms with Gasteiger partial charge in [0.25, 0.3) is 0 Å². The van der Waals surface area contributed by atoms with Crippen LogP contribution in [0.25, 0.3) is 0 Å². The average Bonchev–Trinajstić information content (AvgIpc) is 2.92. The van der Waals surface area contributed by atoms with Crippen molar-refractivity contribution in [3.63, 3.8) is 0 Å². The Labute approximate surface area is 134 Å². The van der Waals surface area contributed by atoms with Gasteiger partial charge in [0.1, 0.15) is 5.60 Å². The zero-order valence-electron chi connectivity index (χ0n) is 13.7. The van der Waals surface area contributed by atoms with Crippen LogP contribution in [-0.2, 0) is 9.57 Å². The molecule has 7 heteroatoms. The molecule has 1 aliphatic rings. The van der Waals surface area contributed by atoms with Crippen LogP contribution in [0.15, 0.2) is 23.4 Å². The van der Waals surface area contributed by atoms with E-state index in [1.165, 1.54) is 13.2 Å². The Bertz CT molecular complexity index is 611. The fourth-order valence-corrected chi connectivity index (χ4v) is 2.07. The third-order valence-corrected chi connectivity index (χ3v) is 3.09. The zero-order chi connectivity index (χ0) is 17.0. The van der Waals surface area contributed by atoms with Crippen LogP contribution in [0.1, 0.15) is 32.8 Å². The second-order valence-corrected chi connectivity index (χ2v) is 6.20. The first-order chi connectivity index (χ1) is 10.8. The molecular weight excluding hydrogens is 303 g/mol. The molecule has 0 fully saturated rings. The first-order valence-electron chi connectivity index (χ1n) is 7.32. The monoisotopic (exact) mass is 324 g/mol. The van der Waals surface area contributed by atoms with Gasteiger partial charge in [0, 0.05) is 12.0 Å². The van der Waals surface area contributed by atoms with Crippen LogP contribution in [0.4, 0.5) is 9.18 Å². The van der Waals surface area contributed by atoms with Gasteiger partial charge in [-0.1, -0.05) is 5.16 Å². The molecule has 1 N–H and O–H groups in total. The van der Waals surface area contributed by atoms with Crippen molar-refractivity contribution in [2.75, 3.05) is 13.7 Å². The van der Waals surface area contributed by atoms with Crippen LogP contribution in [-0.4, -0.2) is 37.2 Å². The lowest BCUT2D eigenvalue weighted by Crippen LogP contribution is -2.37. The minimum atomic E-state index is -0.553. The van der Waals surface area contributed by atoms with Crippen molar-refractivity contribution >= 4 is 11.8 Å². The molecule has 0 spiro atoms. The molecule has 2 rings (SSSR count). The number of benzene rings is 1. The third kappa shape index (κ3) is 4.84. The van der Waals surface area contributed by atoms with Crippen molar-refractivity contribution in [2.45, 2.75) is 38.9 Å². The highest BCUT2D eigenvalue weighted by molar-refractivity contribution is 6.01. The molecular formula is C16H21FN2O4. The highest BCUT2D eigenvalue weighted by Crippen LogP contribution is 2.22. The van der Waals surface area contributed by atoms with E-state index in [2.05, 4.69) is 10.5 Å². The lowest BCUT2D eigenvalue weighted by molar-refractivity contribution is 0.0439. The summed E-state index contributed by atoms with van der Waals surface area (Å²) in [7, 11) is 1.41. The molecule has 1 aliphatic heterocycles. The number of alkyl carbamates (subject to hydrolysis) is 1. The molecule has 1 amide bonds. The quantitative estimate of drug-likeness (QED) is 0.924. The van der Waals surface area contributed by atoms with Crippen LogP contribution in [0, 0.1) is 5.82 Å². The number of carbonyl (C=O) groups is 1. The normalized spacial score (nSPS) is 17.3. The number of nitrogens with zero attached hydrogens (tertiary/aromatic N) is 1. The smallest absolute Gasteiger partial charge is 0.407 e. The van der Waals surface area contributed by atoms with Crippen molar-refractivity contribution in [3.8, 4) is 5.75 Å². The number of halogens is 1. The number of methoxy groups -OCH3 is 1. The number of rotatable bonds is 4. The topological polar surface area (TPSA) is 69.2 Å². The number of oxime groups is 1. The van der Waals surface area contributed by atoms with Gasteiger partial charge in [0.15, 0.2) is 17.7 Å². The Balaban J connectivity index is 1.86. The van der Waals surface area contributed by atoms with Crippen LogP contribution in [0.2, 0.25) is 0 Å². The van der Waals surface area contributed by atoms with E-state index in [1.807, 2.05) is 0 Å². The fourth-order valence-electron chi connectivity index (χ4n) is 2.07. The predicted molar refractivity (Wildman–Crippen MR) is 83.2 cm³/mol. The van der Waals surface area contributed by atoms with Crippen LogP contribution < -0.4 is 10.1 Å². The Morgan fingerprint density at radius 3 is 2.83 bits per heavy atom. The highest BCUT2D eigenvalue weighted by atomic mass is 19.1. The van der Waals surface area contributed by atoms with Crippen LogP contribution >= 0.6 is 0 Å². The molecule has 0 aromatic heterocycles. The first kappa shape index (κ1) is 17.1. The van der Waals surface area contributed by atoms with Crippen molar-refractivity contribution in [1.82, 2.24) is 5.32 Å². The molecule has 0 radical (unpaired) electrons. The maximum atomic E-state index is 13.7. The van der Waals surface area contributed by atoms with E-state index in [0.29, 0.717) is 17.7 Å². The van der Waals surface area contributed by atoms with Crippen molar-refractivity contribution in [1.29, 1.82) is 0 Å². The van der Waals surface area contributed by atoms with Gasteiger partial charge >= 0.3 is 6.09 Å². The summed E-state index contributed by atoms with van der Waals surface area (Å²) in [5.41, 5.74) is 0.703. The first-order valence-corrected chi connectivity index (χ1v) is 7.32. The van der Waals surface area contributed by atoms with E-state index < -0.39 is 17.5 Å². The van der Waals surface area contributed by atoms with Gasteiger partial charge in [0.2, 0.25) is 0 Å². The molecule has 0 saturated heterocycles. The number of carbonyl (C=O) groups excluding carboxylic acids is 1. The molecule has 0 aliphatic carbocycles. The Hall–Kier alpha value is -2.31. The third-order valence-electron chi connectivity index (χ3n) is 3.09. The molecule has 1 aromatic carbocycles. The summed E-state index contributed by atoms with van der Waals surface area (Å²) < 4.78 is 23.7. The molecule has 1 aromatic rings. The molecule has 1 unspecified atom stereocenters. The zero-order valence-corrected chi connectivity index (χ0v) is 13.7. The van der Waals surface area contributed by atoms with E-state index >= 15 is 0 Å². The summed E-state index contributed by atoms with van der Waals surface area (Å²) in [6, 6.07) is 4.61. The van der Waals surface area contributed by atoms with E-state index in [4.69, 9.17) is 14.3 Å². The van der Waals surface area contributed by atoms with Gasteiger partial charge in [-0.25, -0.2) is 9.18 Å². The van der Waals surface area contributed by atoms with E-state index in [1.54, 1.807) is 32.9 Å². The Kier molecular flexibility index (Phi) is 5.08. The average molecular weight is 324 g/mol. The van der Waals surface area contributed by atoms with E-state index in [0.717, 1.165) is 0 Å². The van der Waals surface area contributed by atoms with Crippen molar-refractivity contribution < 1.29 is 23.5 Å². The molecule has 126 valence electrons. The maximum absolute atomic E-state index is 13.7. The van der Waals surface area contributed by atoms with Gasteiger partial charge in [-0.2, -0.15) is 0 Å². The molecule has 0 bridgehead atoms. The second-order valence-electron chi connectivity index (χ2n) is 6.20. The van der Waals surface area contributed by atoms with E-state index in [-0.39, 0.29) is 18.4 Å². The highest BCUT2D eigenvalue weighted by Gasteiger charge is 2.24. The van der Waals surface area contributed by atoms with Gasteiger partial charge in [-0.05, 0) is 39.0 Å². The Morgan fingerprint density at radius 1 is 1.48 bits per heavy atom. The minimum Gasteiger partial charge on any atom is -0.494 e. The molecule has 1 heterocycles. The van der Waals surface area contributed by atoms with Gasteiger partial charge in [-0.3, -0.25) is 0 Å². The number of ether oxygens (including phenoxy) is 2. The summed E-state index contributed by atoms with van der Waals surface area (Å²) in [6.45, 7) is 5.63. The van der Waals surface area contributed by atoms with Gasteiger partial charge < -0.3 is 19.6 Å². The standard InChI is InChI=1S/C16H21FN2O4/c1-16(2,3)22-15(20)18-9-11-8-13(19-23-11)10-5-6-14(21-4)12(17)7-10/h5-7,11H,8-9H2,1-4H3,(H,18,20). The summed E-state index contributed by atoms with van der Waals surface area (Å²) >= 11 is 0. The number of hydrogen-bond acceptors (Lipinski definition) is 5. The second kappa shape index (κ2) is 6.85. The summed E-state index contributed by atoms with van der Waals surface area (Å²) in [5.74, 6) is -0.278. The van der Waals surface area contributed by atoms with Crippen LogP contribution in [0.3, 0.4) is 0 Å². The van der Waals surface area contributed by atoms with Gasteiger partial charge in [0.05, 0.1) is 19.4 Å². The fraction of sp³-hybridized carbons (Fsp3) is 0.500. The van der Waals surface area contributed by atoms with Crippen LogP contribution in [0.5, 0.6) is 5.75 Å². The number of nitrogens with one attached hydrogen (secondary N) is 1. The van der Waals surface area contributed by atoms with Crippen molar-refractivity contribution in [2.24, 2.45) is 5.16 Å². The number of hydrogen-bond donors (Lipinski definition) is 1. The molecule has 1 atom stereocenters. The SMILES string of the molecule is COc1ccc(C2=NOC(CNC(=O)OC(C)(C)C)C2)cc1F. The Morgan fingerprint density at radius 2 is 2.22 bits per heavy atom. The summed E-state index contributed by atoms with van der Waals surface area (Å²) in [6.07, 6.45) is -0.339. The minimum absolute atomic E-state index is 0.177.